The third-order valence-corrected chi connectivity index (χ3v) is 12.0. The van der Waals surface area contributed by atoms with Gasteiger partial charge in [0.1, 0.15) is 12.0 Å². The number of fused-ring (bicyclic) bond motifs is 1. The van der Waals surface area contributed by atoms with Gasteiger partial charge in [-0.05, 0) is 64.7 Å². The lowest BCUT2D eigenvalue weighted by Gasteiger charge is -2.36. The quantitative estimate of drug-likeness (QED) is 0.239. The van der Waals surface area contributed by atoms with Crippen LogP contribution in [0.2, 0.25) is 18.1 Å². The second-order valence-corrected chi connectivity index (χ2v) is 15.6. The number of nitrogens with zero attached hydrogens (tertiary/aromatic N) is 5. The van der Waals surface area contributed by atoms with Crippen molar-refractivity contribution in [2.24, 2.45) is 7.05 Å². The summed E-state index contributed by atoms with van der Waals surface area (Å²) in [7, 11) is -0.0964. The van der Waals surface area contributed by atoms with Crippen LogP contribution in [0.25, 0.3) is 22.2 Å². The van der Waals surface area contributed by atoms with Gasteiger partial charge in [-0.2, -0.15) is 0 Å². The van der Waals surface area contributed by atoms with Crippen LogP contribution >= 0.6 is 15.9 Å². The van der Waals surface area contributed by atoms with Crippen molar-refractivity contribution in [1.82, 2.24) is 24.5 Å². The standard InChI is InChI=1S/C25H29BrFN5O2Si/c1-15-10-11-28-24(31-15)34-19-9-8-16(12-17(19)27)20-21-18(13-33-35(6,7)25(2,3)4)29-14-30-23(21)32(5)22(20)26/h8-12,14H,13H2,1-7H3. The molecular formula is C25H29BrFN5O2Si. The van der Waals surface area contributed by atoms with Crippen LogP contribution in [0.15, 0.2) is 41.4 Å². The zero-order valence-electron chi connectivity index (χ0n) is 21.0. The Labute approximate surface area is 214 Å². The van der Waals surface area contributed by atoms with E-state index in [1.807, 2.05) is 18.5 Å². The summed E-state index contributed by atoms with van der Waals surface area (Å²) in [4.78, 5) is 17.3. The first-order valence-corrected chi connectivity index (χ1v) is 15.0. The molecule has 0 atom stereocenters. The minimum Gasteiger partial charge on any atom is -0.421 e. The first-order chi connectivity index (χ1) is 16.4. The Morgan fingerprint density at radius 3 is 2.51 bits per heavy atom. The van der Waals surface area contributed by atoms with E-state index in [9.17, 15) is 0 Å². The fourth-order valence-corrected chi connectivity index (χ4v) is 4.96. The fourth-order valence-electron chi connectivity index (χ4n) is 3.44. The molecule has 0 saturated heterocycles. The van der Waals surface area contributed by atoms with E-state index in [0.29, 0.717) is 12.2 Å². The van der Waals surface area contributed by atoms with Crippen molar-refractivity contribution in [3.05, 3.63) is 58.6 Å². The first kappa shape index (κ1) is 25.4. The number of halogens is 2. The van der Waals surface area contributed by atoms with Crippen molar-refractivity contribution in [1.29, 1.82) is 0 Å². The SMILES string of the molecule is Cc1ccnc(Oc2ccc(-c3c(Br)n(C)c4ncnc(CO[Si](C)(C)C(C)(C)C)c34)cc2F)n1. The molecule has 0 saturated carbocycles. The molecule has 0 N–H and O–H groups in total. The molecule has 1 aromatic carbocycles. The lowest BCUT2D eigenvalue weighted by Crippen LogP contribution is -2.40. The van der Waals surface area contributed by atoms with Gasteiger partial charge in [-0.15, -0.1) is 0 Å². The first-order valence-electron chi connectivity index (χ1n) is 11.3. The Morgan fingerprint density at radius 2 is 1.86 bits per heavy atom. The van der Waals surface area contributed by atoms with E-state index in [-0.39, 0.29) is 16.8 Å². The summed E-state index contributed by atoms with van der Waals surface area (Å²) in [5, 5.41) is 0.898. The molecule has 0 radical (unpaired) electrons. The molecule has 7 nitrogen and oxygen atoms in total. The maximum Gasteiger partial charge on any atom is 0.322 e. The zero-order chi connectivity index (χ0) is 25.5. The maximum absolute atomic E-state index is 15.1. The van der Waals surface area contributed by atoms with E-state index in [1.165, 1.54) is 6.07 Å². The van der Waals surface area contributed by atoms with Crippen molar-refractivity contribution in [3.63, 3.8) is 0 Å². The van der Waals surface area contributed by atoms with Gasteiger partial charge in [0.05, 0.1) is 22.3 Å². The molecule has 35 heavy (non-hydrogen) atoms. The van der Waals surface area contributed by atoms with Crippen LogP contribution in [-0.2, 0) is 18.1 Å². The second kappa shape index (κ2) is 9.40. The van der Waals surface area contributed by atoms with Gasteiger partial charge in [-0.1, -0.05) is 26.8 Å². The van der Waals surface area contributed by atoms with E-state index >= 15 is 4.39 Å². The molecule has 0 aliphatic heterocycles. The normalized spacial score (nSPS) is 12.4. The molecule has 0 unspecified atom stereocenters. The molecule has 4 aromatic rings. The average Bonchev–Trinajstić information content (AvgIpc) is 3.04. The zero-order valence-corrected chi connectivity index (χ0v) is 23.6. The fraction of sp³-hybridized carbons (Fsp3) is 0.360. The largest absolute Gasteiger partial charge is 0.421 e. The number of aromatic nitrogens is 5. The summed E-state index contributed by atoms with van der Waals surface area (Å²) in [6.07, 6.45) is 3.12. The van der Waals surface area contributed by atoms with Crippen LogP contribution in [0, 0.1) is 12.7 Å². The second-order valence-electron chi connectivity index (χ2n) is 10.0. The van der Waals surface area contributed by atoms with Crippen molar-refractivity contribution < 1.29 is 13.6 Å². The van der Waals surface area contributed by atoms with E-state index in [2.05, 4.69) is 69.7 Å². The minimum atomic E-state index is -2.00. The van der Waals surface area contributed by atoms with E-state index in [1.54, 1.807) is 30.7 Å². The summed E-state index contributed by atoms with van der Waals surface area (Å²) in [6, 6.07) is 6.67. The predicted molar refractivity (Wildman–Crippen MR) is 140 cm³/mol. The highest BCUT2D eigenvalue weighted by Crippen LogP contribution is 2.41. The molecule has 4 rings (SSSR count). The van der Waals surface area contributed by atoms with Gasteiger partial charge >= 0.3 is 6.01 Å². The average molecular weight is 559 g/mol. The Bertz CT molecular complexity index is 1400. The van der Waals surface area contributed by atoms with Crippen molar-refractivity contribution in [3.8, 4) is 22.9 Å². The number of aryl methyl sites for hydroxylation is 2. The summed E-state index contributed by atoms with van der Waals surface area (Å²) >= 11 is 3.68. The lowest BCUT2D eigenvalue weighted by atomic mass is 10.0. The van der Waals surface area contributed by atoms with E-state index < -0.39 is 14.1 Å². The molecule has 3 heterocycles. The Hall–Kier alpha value is -2.69. The smallest absolute Gasteiger partial charge is 0.322 e. The minimum absolute atomic E-state index is 0.0495. The van der Waals surface area contributed by atoms with Crippen LogP contribution in [0.5, 0.6) is 11.8 Å². The molecule has 0 aliphatic carbocycles. The molecule has 0 fully saturated rings. The Kier molecular flexibility index (Phi) is 6.82. The molecule has 3 aromatic heterocycles. The Balaban J connectivity index is 1.75. The van der Waals surface area contributed by atoms with Gasteiger partial charge in [-0.25, -0.2) is 24.3 Å². The molecule has 0 amide bonds. The van der Waals surface area contributed by atoms with Crippen molar-refractivity contribution >= 4 is 35.3 Å². The highest BCUT2D eigenvalue weighted by Gasteiger charge is 2.37. The third-order valence-electron chi connectivity index (χ3n) is 6.54. The van der Waals surface area contributed by atoms with E-state index in [4.69, 9.17) is 9.16 Å². The van der Waals surface area contributed by atoms with Crippen LogP contribution in [0.4, 0.5) is 4.39 Å². The van der Waals surface area contributed by atoms with Gasteiger partial charge < -0.3 is 13.7 Å². The monoisotopic (exact) mass is 557 g/mol. The molecule has 184 valence electrons. The molecule has 0 aliphatic rings. The van der Waals surface area contributed by atoms with Crippen LogP contribution in [-0.4, -0.2) is 32.8 Å². The molecule has 0 bridgehead atoms. The highest BCUT2D eigenvalue weighted by molar-refractivity contribution is 9.10. The number of hydrogen-bond donors (Lipinski definition) is 0. The van der Waals surface area contributed by atoms with Gasteiger partial charge in [0.15, 0.2) is 19.9 Å². The number of benzene rings is 1. The maximum atomic E-state index is 15.1. The van der Waals surface area contributed by atoms with E-state index in [0.717, 1.165) is 32.6 Å². The third kappa shape index (κ3) is 5.00. The molecule has 0 spiro atoms. The van der Waals surface area contributed by atoms with Gasteiger partial charge in [-0.3, -0.25) is 0 Å². The van der Waals surface area contributed by atoms with Crippen molar-refractivity contribution in [2.75, 3.05) is 0 Å². The number of hydrogen-bond acceptors (Lipinski definition) is 6. The summed E-state index contributed by atoms with van der Waals surface area (Å²) in [6.45, 7) is 13.2. The predicted octanol–water partition coefficient (Wildman–Crippen LogP) is 6.95. The number of ether oxygens (including phenoxy) is 1. The van der Waals surface area contributed by atoms with Crippen molar-refractivity contribution in [2.45, 2.75) is 52.4 Å². The summed E-state index contributed by atoms with van der Waals surface area (Å²) < 4.78 is 29.9. The van der Waals surface area contributed by atoms with Gasteiger partial charge in [0.2, 0.25) is 0 Å². The van der Waals surface area contributed by atoms with Gasteiger partial charge in [0.25, 0.3) is 0 Å². The summed E-state index contributed by atoms with van der Waals surface area (Å²) in [5.74, 6) is -0.471. The topological polar surface area (TPSA) is 75.0 Å². The highest BCUT2D eigenvalue weighted by atomic mass is 79.9. The molecule has 10 heteroatoms. The number of rotatable bonds is 6. The van der Waals surface area contributed by atoms with Crippen LogP contribution in [0.3, 0.4) is 0 Å². The molecular weight excluding hydrogens is 529 g/mol. The lowest BCUT2D eigenvalue weighted by molar-refractivity contribution is 0.273. The van der Waals surface area contributed by atoms with Crippen LogP contribution in [0.1, 0.15) is 32.2 Å². The van der Waals surface area contributed by atoms with Crippen LogP contribution < -0.4 is 4.74 Å². The Morgan fingerprint density at radius 1 is 1.11 bits per heavy atom. The summed E-state index contributed by atoms with van der Waals surface area (Å²) in [5.41, 5.74) is 3.71. The van der Waals surface area contributed by atoms with Gasteiger partial charge in [0, 0.05) is 24.5 Å².